The lowest BCUT2D eigenvalue weighted by Crippen LogP contribution is -2.47. The molecule has 0 aliphatic carbocycles. The normalized spacial score (nSPS) is 11.7. The summed E-state index contributed by atoms with van der Waals surface area (Å²) in [4.78, 5) is 15.7. The third-order valence-electron chi connectivity index (χ3n) is 2.73. The summed E-state index contributed by atoms with van der Waals surface area (Å²) in [5, 5.41) is 6.59. The van der Waals surface area contributed by atoms with E-state index >= 15 is 0 Å². The minimum atomic E-state index is -0.000801. The van der Waals surface area contributed by atoms with Crippen molar-refractivity contribution in [1.29, 1.82) is 0 Å². The topological polar surface area (TPSA) is 58.4 Å². The van der Waals surface area contributed by atoms with Crippen LogP contribution in [-0.4, -0.2) is 29.7 Å². The van der Waals surface area contributed by atoms with Crippen LogP contribution in [0, 0.1) is 0 Å². The van der Waals surface area contributed by atoms with Crippen LogP contribution in [0.1, 0.15) is 33.6 Å². The molecule has 0 amide bonds. The fourth-order valence-electron chi connectivity index (χ4n) is 1.79. The maximum atomic E-state index is 11.5. The number of aromatic nitrogens is 1. The van der Waals surface area contributed by atoms with Crippen molar-refractivity contribution in [3.63, 3.8) is 0 Å². The van der Waals surface area contributed by atoms with Crippen molar-refractivity contribution in [2.24, 2.45) is 4.99 Å². The van der Waals surface area contributed by atoms with Crippen molar-refractivity contribution in [3.8, 4) is 0 Å². The van der Waals surface area contributed by atoms with Crippen LogP contribution in [0.25, 0.3) is 0 Å². The molecule has 21 heavy (non-hydrogen) atoms. The van der Waals surface area contributed by atoms with Gasteiger partial charge in [0.15, 0.2) is 5.96 Å². The second kappa shape index (κ2) is 9.81. The molecule has 0 radical (unpaired) electrons. The summed E-state index contributed by atoms with van der Waals surface area (Å²) in [5.41, 5.74) is 0.0600. The Morgan fingerprint density at radius 3 is 2.57 bits per heavy atom. The summed E-state index contributed by atoms with van der Waals surface area (Å²) in [6, 6.07) is 5.24. The molecule has 0 aliphatic rings. The molecule has 0 atom stereocenters. The monoisotopic (exact) mass is 406 g/mol. The number of nitrogens with one attached hydrogen (secondary N) is 2. The van der Waals surface area contributed by atoms with Crippen molar-refractivity contribution in [3.05, 3.63) is 34.7 Å². The first-order valence-corrected chi connectivity index (χ1v) is 7.07. The van der Waals surface area contributed by atoms with Gasteiger partial charge in [-0.3, -0.25) is 9.79 Å². The Kier molecular flexibility index (Phi) is 9.32. The van der Waals surface area contributed by atoms with Gasteiger partial charge in [0.25, 0.3) is 0 Å². The molecule has 0 unspecified atom stereocenters. The molecule has 1 rings (SSSR count). The van der Waals surface area contributed by atoms with Crippen molar-refractivity contribution in [2.45, 2.75) is 45.7 Å². The lowest BCUT2D eigenvalue weighted by atomic mass is 10.1. The average molecular weight is 406 g/mol. The van der Waals surface area contributed by atoms with Crippen molar-refractivity contribution in [1.82, 2.24) is 15.2 Å². The number of pyridine rings is 1. The number of aliphatic imine (C=N–C) groups is 1. The minimum absolute atomic E-state index is 0. The summed E-state index contributed by atoms with van der Waals surface area (Å²) in [6.45, 7) is 7.90. The zero-order valence-electron chi connectivity index (χ0n) is 13.3. The third-order valence-corrected chi connectivity index (χ3v) is 2.73. The van der Waals surface area contributed by atoms with Crippen LogP contribution >= 0.6 is 24.0 Å². The predicted octanol–water partition coefficient (Wildman–Crippen LogP) is 2.21. The molecule has 1 aromatic heterocycles. The number of unbranched alkanes of at least 4 members (excludes halogenated alkanes) is 1. The first-order chi connectivity index (χ1) is 9.42. The van der Waals surface area contributed by atoms with Crippen LogP contribution in [0.2, 0.25) is 0 Å². The molecule has 0 aromatic carbocycles. The van der Waals surface area contributed by atoms with Crippen LogP contribution in [0.4, 0.5) is 0 Å². The van der Waals surface area contributed by atoms with Gasteiger partial charge in [-0.15, -0.1) is 24.0 Å². The maximum absolute atomic E-state index is 11.5. The fourth-order valence-corrected chi connectivity index (χ4v) is 1.79. The van der Waals surface area contributed by atoms with Gasteiger partial charge in [0, 0.05) is 37.9 Å². The van der Waals surface area contributed by atoms with E-state index in [-0.39, 0.29) is 35.1 Å². The molecule has 1 heterocycles. The Morgan fingerprint density at radius 2 is 2.00 bits per heavy atom. The second-order valence-electron chi connectivity index (χ2n) is 5.81. The SMILES string of the molecule is CN=C(NCCCCn1ccccc1=O)NC(C)(C)C.I. The van der Waals surface area contributed by atoms with E-state index in [0.29, 0.717) is 0 Å². The number of hydrogen-bond donors (Lipinski definition) is 2. The molecule has 0 bridgehead atoms. The van der Waals surface area contributed by atoms with Gasteiger partial charge in [0.05, 0.1) is 0 Å². The van der Waals surface area contributed by atoms with Gasteiger partial charge in [-0.1, -0.05) is 6.07 Å². The standard InChI is InChI=1S/C15H26N4O.HI/c1-15(2,3)18-14(16-4)17-10-6-8-12-19-11-7-5-9-13(19)20;/h5,7,9,11H,6,8,10,12H2,1-4H3,(H2,16,17,18);1H. The van der Waals surface area contributed by atoms with Gasteiger partial charge in [-0.05, 0) is 39.7 Å². The molecule has 5 nitrogen and oxygen atoms in total. The molecule has 120 valence electrons. The lowest BCUT2D eigenvalue weighted by Gasteiger charge is -2.23. The molecule has 0 aliphatic heterocycles. The highest BCUT2D eigenvalue weighted by Crippen LogP contribution is 1.98. The van der Waals surface area contributed by atoms with E-state index in [1.54, 1.807) is 23.7 Å². The van der Waals surface area contributed by atoms with E-state index in [1.807, 2.05) is 12.3 Å². The van der Waals surface area contributed by atoms with Crippen molar-refractivity contribution >= 4 is 29.9 Å². The highest BCUT2D eigenvalue weighted by Gasteiger charge is 2.10. The number of hydrogen-bond acceptors (Lipinski definition) is 2. The van der Waals surface area contributed by atoms with E-state index in [9.17, 15) is 4.79 Å². The molecule has 2 N–H and O–H groups in total. The Balaban J connectivity index is 0.00000400. The summed E-state index contributed by atoms with van der Waals surface area (Å²) < 4.78 is 1.74. The van der Waals surface area contributed by atoms with Crippen LogP contribution in [0.3, 0.4) is 0 Å². The van der Waals surface area contributed by atoms with Gasteiger partial charge in [-0.25, -0.2) is 0 Å². The van der Waals surface area contributed by atoms with E-state index in [1.165, 1.54) is 0 Å². The smallest absolute Gasteiger partial charge is 0.250 e. The third kappa shape index (κ3) is 8.75. The van der Waals surface area contributed by atoms with Crippen LogP contribution in [-0.2, 0) is 6.54 Å². The van der Waals surface area contributed by atoms with E-state index in [0.717, 1.165) is 31.9 Å². The predicted molar refractivity (Wildman–Crippen MR) is 99.6 cm³/mol. The second-order valence-corrected chi connectivity index (χ2v) is 5.81. The molecule has 1 aromatic rings. The number of aryl methyl sites for hydroxylation is 1. The van der Waals surface area contributed by atoms with Crippen LogP contribution < -0.4 is 16.2 Å². The van der Waals surface area contributed by atoms with E-state index < -0.39 is 0 Å². The van der Waals surface area contributed by atoms with Crippen LogP contribution in [0.5, 0.6) is 0 Å². The molecule has 0 saturated heterocycles. The molecule has 0 fully saturated rings. The van der Waals surface area contributed by atoms with E-state index in [4.69, 9.17) is 0 Å². The van der Waals surface area contributed by atoms with E-state index in [2.05, 4.69) is 36.4 Å². The number of nitrogens with zero attached hydrogens (tertiary/aromatic N) is 2. The first kappa shape index (κ1) is 19.9. The highest BCUT2D eigenvalue weighted by molar-refractivity contribution is 14.0. The Morgan fingerprint density at radius 1 is 1.29 bits per heavy atom. The van der Waals surface area contributed by atoms with Gasteiger partial charge in [0.1, 0.15) is 0 Å². The fraction of sp³-hybridized carbons (Fsp3) is 0.600. The molecular weight excluding hydrogens is 379 g/mol. The van der Waals surface area contributed by atoms with Gasteiger partial charge in [-0.2, -0.15) is 0 Å². The summed E-state index contributed by atoms with van der Waals surface area (Å²) in [6.07, 6.45) is 3.78. The van der Waals surface area contributed by atoms with Crippen LogP contribution in [0.15, 0.2) is 34.2 Å². The van der Waals surface area contributed by atoms with Crippen molar-refractivity contribution < 1.29 is 0 Å². The van der Waals surface area contributed by atoms with Crippen molar-refractivity contribution in [2.75, 3.05) is 13.6 Å². The average Bonchev–Trinajstić information content (AvgIpc) is 2.37. The number of guanidine groups is 1. The Hall–Kier alpha value is -1.05. The zero-order chi connectivity index (χ0) is 15.0. The summed E-state index contributed by atoms with van der Waals surface area (Å²) in [5.74, 6) is 0.814. The maximum Gasteiger partial charge on any atom is 0.250 e. The summed E-state index contributed by atoms with van der Waals surface area (Å²) in [7, 11) is 1.77. The molecule has 6 heteroatoms. The van der Waals surface area contributed by atoms with Gasteiger partial charge in [0.2, 0.25) is 5.56 Å². The Bertz CT molecular complexity index is 491. The molecule has 0 spiro atoms. The summed E-state index contributed by atoms with van der Waals surface area (Å²) >= 11 is 0. The quantitative estimate of drug-likeness (QED) is 0.341. The van der Waals surface area contributed by atoms with Gasteiger partial charge < -0.3 is 15.2 Å². The number of halogens is 1. The highest BCUT2D eigenvalue weighted by atomic mass is 127. The van der Waals surface area contributed by atoms with Gasteiger partial charge >= 0.3 is 0 Å². The lowest BCUT2D eigenvalue weighted by molar-refractivity contribution is 0.499. The molecule has 0 saturated carbocycles. The first-order valence-electron chi connectivity index (χ1n) is 7.07. The molecular formula is C15H27IN4O. The Labute approximate surface area is 144 Å². The number of rotatable bonds is 5. The zero-order valence-corrected chi connectivity index (χ0v) is 15.7. The largest absolute Gasteiger partial charge is 0.356 e. The minimum Gasteiger partial charge on any atom is -0.356 e.